The molecule has 1 atom stereocenters. The topological polar surface area (TPSA) is 97.3 Å². The molecule has 198 valence electrons. The molecule has 0 saturated heterocycles. The lowest BCUT2D eigenvalue weighted by atomic mass is 10.00. The molecule has 0 radical (unpaired) electrons. The minimum atomic E-state index is -0.886. The van der Waals surface area contributed by atoms with Crippen molar-refractivity contribution in [3.63, 3.8) is 0 Å². The zero-order chi connectivity index (χ0) is 27.6. The predicted molar refractivity (Wildman–Crippen MR) is 149 cm³/mol. The average Bonchev–Trinajstić information content (AvgIpc) is 2.96. The summed E-state index contributed by atoms with van der Waals surface area (Å²) < 4.78 is 10.9. The summed E-state index contributed by atoms with van der Waals surface area (Å²) in [6.07, 6.45) is -1.69. The molecular weight excluding hydrogens is 494 g/mol. The fourth-order valence-corrected chi connectivity index (χ4v) is 3.98. The molecule has 0 bridgehead atoms. The second-order valence-corrected chi connectivity index (χ2v) is 8.84. The molecule has 0 aliphatic heterocycles. The zero-order valence-corrected chi connectivity index (χ0v) is 21.7. The summed E-state index contributed by atoms with van der Waals surface area (Å²) in [5.74, 6) is -0.450. The van der Waals surface area contributed by atoms with E-state index < -0.39 is 24.1 Å². The summed E-state index contributed by atoms with van der Waals surface area (Å²) in [5.41, 5.74) is 4.96. The van der Waals surface area contributed by atoms with Crippen LogP contribution in [0.25, 0.3) is 10.8 Å². The number of fused-ring (bicyclic) bond motifs is 1. The van der Waals surface area contributed by atoms with Gasteiger partial charge in [0.2, 0.25) is 5.91 Å². The zero-order valence-electron chi connectivity index (χ0n) is 21.7. The molecule has 4 rings (SSSR count). The van der Waals surface area contributed by atoms with Crippen molar-refractivity contribution in [3.8, 4) is 0 Å². The molecule has 0 fully saturated rings. The molecule has 0 aliphatic carbocycles. The molecule has 3 amide bonds. The average molecular weight is 524 g/mol. The summed E-state index contributed by atoms with van der Waals surface area (Å²) in [7, 11) is 0. The van der Waals surface area contributed by atoms with Crippen molar-refractivity contribution in [2.45, 2.75) is 33.1 Å². The molecule has 8 heteroatoms. The summed E-state index contributed by atoms with van der Waals surface area (Å²) in [4.78, 5) is 42.4. The molecule has 1 N–H and O–H groups in total. The first-order chi connectivity index (χ1) is 18.9. The molecule has 1 unspecified atom stereocenters. The molecule has 0 saturated carbocycles. The van der Waals surface area contributed by atoms with E-state index in [4.69, 9.17) is 9.47 Å². The highest BCUT2D eigenvalue weighted by molar-refractivity contribution is 6.11. The van der Waals surface area contributed by atoms with Crippen LogP contribution >= 0.6 is 0 Å². The van der Waals surface area contributed by atoms with Crippen LogP contribution in [0.5, 0.6) is 0 Å². The SMILES string of the molecule is CC(=O)N=C(c1ccc2ccccc2c1)C(C)N(NC(=O)OCc1ccccc1)C(=O)OCc1ccccc1. The van der Waals surface area contributed by atoms with Crippen molar-refractivity contribution in [2.75, 3.05) is 0 Å². The van der Waals surface area contributed by atoms with Gasteiger partial charge in [0.05, 0.1) is 11.8 Å². The van der Waals surface area contributed by atoms with E-state index in [0.29, 0.717) is 5.56 Å². The molecule has 39 heavy (non-hydrogen) atoms. The van der Waals surface area contributed by atoms with Gasteiger partial charge in [-0.15, -0.1) is 0 Å². The summed E-state index contributed by atoms with van der Waals surface area (Å²) in [6.45, 7) is 2.97. The van der Waals surface area contributed by atoms with E-state index in [1.54, 1.807) is 6.92 Å². The van der Waals surface area contributed by atoms with Gasteiger partial charge in [-0.25, -0.2) is 25.0 Å². The Hall–Kier alpha value is -4.98. The maximum atomic E-state index is 13.3. The van der Waals surface area contributed by atoms with Crippen LogP contribution in [0.4, 0.5) is 9.59 Å². The quantitative estimate of drug-likeness (QED) is 0.235. The number of ether oxygens (including phenoxy) is 2. The van der Waals surface area contributed by atoms with Crippen LogP contribution in [0, 0.1) is 0 Å². The van der Waals surface area contributed by atoms with Crippen molar-refractivity contribution >= 4 is 34.6 Å². The number of aliphatic imine (C=N–C) groups is 1. The van der Waals surface area contributed by atoms with Crippen LogP contribution in [0.2, 0.25) is 0 Å². The van der Waals surface area contributed by atoms with E-state index >= 15 is 0 Å². The van der Waals surface area contributed by atoms with Gasteiger partial charge in [0.1, 0.15) is 13.2 Å². The van der Waals surface area contributed by atoms with E-state index in [9.17, 15) is 14.4 Å². The largest absolute Gasteiger partial charge is 0.443 e. The van der Waals surface area contributed by atoms with Crippen molar-refractivity contribution in [2.24, 2.45) is 4.99 Å². The van der Waals surface area contributed by atoms with Gasteiger partial charge in [0.15, 0.2) is 0 Å². The van der Waals surface area contributed by atoms with E-state index in [2.05, 4.69) is 10.4 Å². The third-order valence-electron chi connectivity index (χ3n) is 5.93. The predicted octanol–water partition coefficient (Wildman–Crippen LogP) is 6.04. The number of nitrogens with one attached hydrogen (secondary N) is 1. The minimum Gasteiger partial charge on any atom is -0.443 e. The third-order valence-corrected chi connectivity index (χ3v) is 5.93. The molecule has 4 aromatic rings. The Morgan fingerprint density at radius 3 is 1.95 bits per heavy atom. The maximum absolute atomic E-state index is 13.3. The highest BCUT2D eigenvalue weighted by Gasteiger charge is 2.29. The normalized spacial score (nSPS) is 11.9. The van der Waals surface area contributed by atoms with Gasteiger partial charge in [-0.3, -0.25) is 4.79 Å². The van der Waals surface area contributed by atoms with Crippen LogP contribution in [0.1, 0.15) is 30.5 Å². The van der Waals surface area contributed by atoms with Crippen LogP contribution in [0.15, 0.2) is 108 Å². The Morgan fingerprint density at radius 2 is 1.33 bits per heavy atom. The Kier molecular flexibility index (Phi) is 9.03. The van der Waals surface area contributed by atoms with Crippen molar-refractivity contribution in [1.29, 1.82) is 0 Å². The van der Waals surface area contributed by atoms with Crippen LogP contribution in [-0.2, 0) is 27.5 Å². The first-order valence-corrected chi connectivity index (χ1v) is 12.5. The number of hydrazine groups is 1. The van der Waals surface area contributed by atoms with E-state index in [1.807, 2.05) is 103 Å². The number of carbonyl (C=O) groups is 3. The maximum Gasteiger partial charge on any atom is 0.429 e. The smallest absolute Gasteiger partial charge is 0.429 e. The molecule has 0 aromatic heterocycles. The standard InChI is InChI=1S/C31H29N3O5/c1-22(29(32-23(2)35)28-18-17-26-15-9-10-16-27(26)19-28)34(31(37)39-21-25-13-7-4-8-14-25)33-30(36)38-20-24-11-5-3-6-12-24/h3-19,22H,20-21H2,1-2H3,(H,33,36). The van der Waals surface area contributed by atoms with Gasteiger partial charge in [0, 0.05) is 6.92 Å². The Balaban J connectivity index is 1.60. The Morgan fingerprint density at radius 1 is 0.769 bits per heavy atom. The second-order valence-electron chi connectivity index (χ2n) is 8.84. The fourth-order valence-electron chi connectivity index (χ4n) is 3.98. The third kappa shape index (κ3) is 7.52. The molecule has 0 aliphatic rings. The molecule has 4 aromatic carbocycles. The summed E-state index contributed by atoms with van der Waals surface area (Å²) >= 11 is 0. The van der Waals surface area contributed by atoms with Crippen molar-refractivity contribution in [3.05, 3.63) is 120 Å². The molecule has 0 heterocycles. The van der Waals surface area contributed by atoms with E-state index in [1.165, 1.54) is 6.92 Å². The molecular formula is C31H29N3O5. The first-order valence-electron chi connectivity index (χ1n) is 12.5. The van der Waals surface area contributed by atoms with Crippen molar-refractivity contribution in [1.82, 2.24) is 10.4 Å². The van der Waals surface area contributed by atoms with Crippen molar-refractivity contribution < 1.29 is 23.9 Å². The second kappa shape index (κ2) is 13.0. The monoisotopic (exact) mass is 523 g/mol. The molecule has 8 nitrogen and oxygen atoms in total. The van der Waals surface area contributed by atoms with Gasteiger partial charge in [-0.2, -0.15) is 0 Å². The van der Waals surface area contributed by atoms with Gasteiger partial charge >= 0.3 is 12.2 Å². The van der Waals surface area contributed by atoms with Gasteiger partial charge in [-0.1, -0.05) is 97.1 Å². The van der Waals surface area contributed by atoms with Crippen LogP contribution in [-0.4, -0.2) is 34.9 Å². The number of nitrogens with zero attached hydrogens (tertiary/aromatic N) is 2. The number of carbonyl (C=O) groups excluding carboxylic acids is 3. The number of hydrogen-bond acceptors (Lipinski definition) is 5. The lowest BCUT2D eigenvalue weighted by Crippen LogP contribution is -2.54. The van der Waals surface area contributed by atoms with Crippen LogP contribution in [0.3, 0.4) is 0 Å². The number of amides is 3. The Labute approximate surface area is 226 Å². The summed E-state index contributed by atoms with van der Waals surface area (Å²) in [6, 6.07) is 30.8. The Bertz CT molecular complexity index is 1470. The highest BCUT2D eigenvalue weighted by Crippen LogP contribution is 2.19. The number of benzene rings is 4. The van der Waals surface area contributed by atoms with Gasteiger partial charge < -0.3 is 9.47 Å². The van der Waals surface area contributed by atoms with Crippen LogP contribution < -0.4 is 5.43 Å². The summed E-state index contributed by atoms with van der Waals surface area (Å²) in [5, 5.41) is 2.94. The van der Waals surface area contributed by atoms with E-state index in [0.717, 1.165) is 26.9 Å². The molecule has 0 spiro atoms. The van der Waals surface area contributed by atoms with E-state index in [-0.39, 0.29) is 18.9 Å². The highest BCUT2D eigenvalue weighted by atomic mass is 16.6. The minimum absolute atomic E-state index is 0.00697. The van der Waals surface area contributed by atoms with Gasteiger partial charge in [-0.05, 0) is 40.5 Å². The lowest BCUT2D eigenvalue weighted by Gasteiger charge is -2.29. The first kappa shape index (κ1) is 27.1. The number of rotatable bonds is 7. The number of hydrogen-bond donors (Lipinski definition) is 1. The lowest BCUT2D eigenvalue weighted by molar-refractivity contribution is -0.115. The van der Waals surface area contributed by atoms with Gasteiger partial charge in [0.25, 0.3) is 0 Å². The fraction of sp³-hybridized carbons (Fsp3) is 0.161.